The first-order valence-electron chi connectivity index (χ1n) is 8.26. The quantitative estimate of drug-likeness (QED) is 0.778. The van der Waals surface area contributed by atoms with Crippen LogP contribution in [-0.2, 0) is 4.74 Å². The molecule has 7 heteroatoms. The first-order valence-corrected chi connectivity index (χ1v) is 8.67. The van der Waals surface area contributed by atoms with Crippen molar-refractivity contribution < 1.29 is 9.53 Å². The molecule has 2 aliphatic rings. The van der Waals surface area contributed by atoms with Gasteiger partial charge >= 0.3 is 0 Å². The van der Waals surface area contributed by atoms with Crippen molar-refractivity contribution in [3.05, 3.63) is 38.9 Å². The summed E-state index contributed by atoms with van der Waals surface area (Å²) in [5.41, 5.74) is 0.748. The summed E-state index contributed by atoms with van der Waals surface area (Å²) in [6.07, 6.45) is 4.38. The predicted molar refractivity (Wildman–Crippen MR) is 92.8 cm³/mol. The number of hydrogen-bond acceptors (Lipinski definition) is 4. The topological polar surface area (TPSA) is 78.2 Å². The van der Waals surface area contributed by atoms with Gasteiger partial charge < -0.3 is 14.6 Å². The fourth-order valence-electron chi connectivity index (χ4n) is 3.83. The number of benzene rings is 1. The lowest BCUT2D eigenvalue weighted by molar-refractivity contribution is -0.0948. The third-order valence-corrected chi connectivity index (χ3v) is 5.24. The van der Waals surface area contributed by atoms with Crippen molar-refractivity contribution in [2.45, 2.75) is 31.3 Å². The lowest BCUT2D eigenvalue weighted by Crippen LogP contribution is -2.52. The third kappa shape index (κ3) is 2.67. The average Bonchev–Trinajstić information content (AvgIpc) is 3.01. The molecule has 126 valence electrons. The Morgan fingerprint density at radius 2 is 2.04 bits per heavy atom. The van der Waals surface area contributed by atoms with Crippen LogP contribution in [0.15, 0.2) is 23.0 Å². The van der Waals surface area contributed by atoms with Crippen LogP contribution in [0.3, 0.4) is 0 Å². The summed E-state index contributed by atoms with van der Waals surface area (Å²) in [5, 5.41) is 0.495. The van der Waals surface area contributed by atoms with E-state index in [1.807, 2.05) is 4.90 Å². The van der Waals surface area contributed by atoms with E-state index >= 15 is 0 Å². The Kier molecular flexibility index (Phi) is 3.77. The molecule has 6 nitrogen and oxygen atoms in total. The summed E-state index contributed by atoms with van der Waals surface area (Å²) < 4.78 is 6.24. The summed E-state index contributed by atoms with van der Waals surface area (Å²) in [6, 6.07) is 5.07. The Bertz CT molecular complexity index is 911. The van der Waals surface area contributed by atoms with E-state index in [2.05, 4.69) is 9.97 Å². The van der Waals surface area contributed by atoms with E-state index in [1.165, 1.54) is 0 Å². The van der Waals surface area contributed by atoms with Crippen molar-refractivity contribution in [1.82, 2.24) is 14.9 Å². The summed E-state index contributed by atoms with van der Waals surface area (Å²) in [6.45, 7) is 1.83. The van der Waals surface area contributed by atoms with Crippen molar-refractivity contribution in [1.29, 1.82) is 0 Å². The molecule has 4 rings (SSSR count). The number of carbonyl (C=O) groups excluding carboxylic acids is 1. The Balaban J connectivity index is 1.65. The molecule has 1 spiro atoms. The summed E-state index contributed by atoms with van der Waals surface area (Å²) >= 11 is 5.01. The normalized spacial score (nSPS) is 19.9. The zero-order valence-electron chi connectivity index (χ0n) is 13.3. The zero-order chi connectivity index (χ0) is 16.7. The second kappa shape index (κ2) is 5.82. The highest BCUT2D eigenvalue weighted by Gasteiger charge is 2.40. The van der Waals surface area contributed by atoms with Crippen molar-refractivity contribution in [3.63, 3.8) is 0 Å². The first kappa shape index (κ1) is 15.5. The highest BCUT2D eigenvalue weighted by Crippen LogP contribution is 2.36. The fraction of sp³-hybridized carbons (Fsp3) is 0.471. The number of hydrogen-bond donors (Lipinski definition) is 2. The van der Waals surface area contributed by atoms with Gasteiger partial charge in [0.1, 0.15) is 0 Å². The minimum Gasteiger partial charge on any atom is -0.371 e. The maximum Gasteiger partial charge on any atom is 0.259 e. The Morgan fingerprint density at radius 1 is 1.25 bits per heavy atom. The van der Waals surface area contributed by atoms with Crippen LogP contribution in [0.5, 0.6) is 0 Å². The van der Waals surface area contributed by atoms with E-state index in [1.54, 1.807) is 18.2 Å². The molecule has 1 aliphatic carbocycles. The molecule has 2 N–H and O–H groups in total. The van der Waals surface area contributed by atoms with E-state index in [-0.39, 0.29) is 21.8 Å². The molecule has 1 aromatic heterocycles. The van der Waals surface area contributed by atoms with E-state index in [9.17, 15) is 9.59 Å². The monoisotopic (exact) mass is 345 g/mol. The number of fused-ring (bicyclic) bond motifs is 1. The van der Waals surface area contributed by atoms with Crippen LogP contribution in [0.2, 0.25) is 0 Å². The van der Waals surface area contributed by atoms with Gasteiger partial charge in [-0.3, -0.25) is 14.6 Å². The maximum absolute atomic E-state index is 12.9. The zero-order valence-corrected chi connectivity index (χ0v) is 14.1. The number of rotatable bonds is 1. The molecular weight excluding hydrogens is 326 g/mol. The van der Waals surface area contributed by atoms with E-state index in [0.29, 0.717) is 36.2 Å². The van der Waals surface area contributed by atoms with Gasteiger partial charge in [-0.25, -0.2) is 0 Å². The van der Waals surface area contributed by atoms with E-state index < -0.39 is 0 Å². The number of nitrogens with one attached hydrogen (secondary N) is 2. The van der Waals surface area contributed by atoms with E-state index in [4.69, 9.17) is 17.0 Å². The minimum atomic E-state index is -0.246. The van der Waals surface area contributed by atoms with Gasteiger partial charge in [-0.2, -0.15) is 0 Å². The van der Waals surface area contributed by atoms with Crippen LogP contribution in [0.25, 0.3) is 10.9 Å². The summed E-state index contributed by atoms with van der Waals surface area (Å²) in [5.74, 6) is -0.0222. The predicted octanol–water partition coefficient (Wildman–Crippen LogP) is 2.37. The highest BCUT2D eigenvalue weighted by atomic mass is 32.1. The maximum atomic E-state index is 12.9. The van der Waals surface area contributed by atoms with Crippen LogP contribution < -0.4 is 5.56 Å². The Hall–Kier alpha value is -1.99. The Morgan fingerprint density at radius 3 is 2.83 bits per heavy atom. The van der Waals surface area contributed by atoms with Crippen LogP contribution in [-0.4, -0.2) is 46.1 Å². The molecule has 2 fully saturated rings. The molecule has 0 atom stereocenters. The molecule has 2 aromatic rings. The molecule has 0 bridgehead atoms. The Labute approximate surface area is 143 Å². The number of ether oxygens (including phenoxy) is 1. The van der Waals surface area contributed by atoms with Gasteiger partial charge in [0.15, 0.2) is 4.77 Å². The second-order valence-corrected chi connectivity index (χ2v) is 7.04. The van der Waals surface area contributed by atoms with Gasteiger partial charge in [-0.05, 0) is 43.3 Å². The molecule has 1 aromatic carbocycles. The van der Waals surface area contributed by atoms with Crippen molar-refractivity contribution in [2.24, 2.45) is 0 Å². The largest absolute Gasteiger partial charge is 0.371 e. The van der Waals surface area contributed by atoms with Crippen LogP contribution in [0.4, 0.5) is 0 Å². The standard InChI is InChI=1S/C17H19N3O3S/c21-14-12-4-3-11(9-13(12)18-16(24)19-14)15(22)20-7-8-23-17(10-20)5-1-2-6-17/h3-4,9H,1-2,5-8,10H2,(H2,18,19,21,24). The number of morpholine rings is 1. The number of amides is 1. The minimum absolute atomic E-state index is 0.0222. The number of aromatic nitrogens is 2. The number of carbonyl (C=O) groups is 1. The SMILES string of the molecule is O=C(c1ccc2c(=O)[nH]c(=S)[nH]c2c1)N1CCOC2(CCCC2)C1. The van der Waals surface area contributed by atoms with Crippen LogP contribution in [0, 0.1) is 4.77 Å². The highest BCUT2D eigenvalue weighted by molar-refractivity contribution is 7.71. The van der Waals surface area contributed by atoms with Gasteiger partial charge in [-0.15, -0.1) is 0 Å². The van der Waals surface area contributed by atoms with E-state index in [0.717, 1.165) is 25.7 Å². The molecule has 24 heavy (non-hydrogen) atoms. The number of aromatic amines is 2. The number of H-pyrrole nitrogens is 2. The molecule has 0 radical (unpaired) electrons. The molecule has 1 saturated heterocycles. The van der Waals surface area contributed by atoms with Crippen LogP contribution >= 0.6 is 12.2 Å². The number of nitrogens with zero attached hydrogens (tertiary/aromatic N) is 1. The van der Waals surface area contributed by atoms with Gasteiger partial charge in [0.05, 0.1) is 29.7 Å². The summed E-state index contributed by atoms with van der Waals surface area (Å²) in [4.78, 5) is 32.2. The van der Waals surface area contributed by atoms with Crippen molar-refractivity contribution >= 4 is 29.0 Å². The second-order valence-electron chi connectivity index (χ2n) is 6.63. The molecule has 2 heterocycles. The lowest BCUT2D eigenvalue weighted by atomic mass is 9.99. The molecule has 1 amide bonds. The smallest absolute Gasteiger partial charge is 0.259 e. The van der Waals surface area contributed by atoms with Crippen molar-refractivity contribution in [2.75, 3.05) is 19.7 Å². The lowest BCUT2D eigenvalue weighted by Gasteiger charge is -2.40. The van der Waals surface area contributed by atoms with Gasteiger partial charge in [0.2, 0.25) is 0 Å². The van der Waals surface area contributed by atoms with Gasteiger partial charge in [-0.1, -0.05) is 12.8 Å². The molecule has 0 unspecified atom stereocenters. The average molecular weight is 345 g/mol. The fourth-order valence-corrected chi connectivity index (χ4v) is 4.03. The third-order valence-electron chi connectivity index (χ3n) is 5.04. The molecule has 1 saturated carbocycles. The summed E-state index contributed by atoms with van der Waals surface area (Å²) in [7, 11) is 0. The first-order chi connectivity index (χ1) is 11.6. The van der Waals surface area contributed by atoms with Gasteiger partial charge in [0, 0.05) is 12.1 Å². The van der Waals surface area contributed by atoms with Crippen molar-refractivity contribution in [3.8, 4) is 0 Å². The molecular formula is C17H19N3O3S. The van der Waals surface area contributed by atoms with Crippen LogP contribution in [0.1, 0.15) is 36.0 Å². The molecule has 1 aliphatic heterocycles. The van der Waals surface area contributed by atoms with Gasteiger partial charge in [0.25, 0.3) is 11.5 Å².